The molecular weight excluding hydrogens is 431 g/mol. The number of nitrogens with zero attached hydrogens (tertiary/aromatic N) is 3. The molecule has 0 aliphatic rings. The molecule has 5 aromatic heterocycles. The molecule has 0 fully saturated rings. The van der Waals surface area contributed by atoms with Gasteiger partial charge in [-0.2, -0.15) is 0 Å². The van der Waals surface area contributed by atoms with Gasteiger partial charge in [-0.1, -0.05) is 17.8 Å². The predicted molar refractivity (Wildman–Crippen MR) is 120 cm³/mol. The molecular formula is C18H13N5OS4. The molecule has 140 valence electrons. The second-order valence-electron chi connectivity index (χ2n) is 6.05. The summed E-state index contributed by atoms with van der Waals surface area (Å²) in [5, 5.41) is 7.92. The summed E-state index contributed by atoms with van der Waals surface area (Å²) in [6, 6.07) is 5.91. The molecule has 3 N–H and O–H groups in total. The molecule has 5 heterocycles. The van der Waals surface area contributed by atoms with E-state index in [9.17, 15) is 4.79 Å². The number of aromatic amines is 1. The molecule has 0 spiro atoms. The standard InChI is InChI=1S/C18H13N5OS4/c1-8(28-18-20-13(19)9-4-6-26-16(9)23-18)14-21-15(24)12-10(7-27-17(12)22-14)11-3-2-5-25-11/h2-8H,1H3,(H2,19,20,23)(H,21,22,24). The number of thiophene rings is 3. The molecule has 5 rings (SSSR count). The van der Waals surface area contributed by atoms with Crippen LogP contribution >= 0.6 is 45.8 Å². The highest BCUT2D eigenvalue weighted by atomic mass is 32.2. The van der Waals surface area contributed by atoms with Gasteiger partial charge in [-0.15, -0.1) is 34.0 Å². The SMILES string of the molecule is CC(Sc1nc(N)c2ccsc2n1)c1nc2scc(-c3cccs3)c2c(=O)[nH]1. The van der Waals surface area contributed by atoms with Crippen molar-refractivity contribution in [1.29, 1.82) is 0 Å². The molecule has 0 aliphatic heterocycles. The maximum absolute atomic E-state index is 12.8. The molecule has 0 aliphatic carbocycles. The normalized spacial score (nSPS) is 12.8. The Balaban J connectivity index is 1.51. The quantitative estimate of drug-likeness (QED) is 0.294. The van der Waals surface area contributed by atoms with E-state index in [1.54, 1.807) is 11.3 Å². The summed E-state index contributed by atoms with van der Waals surface area (Å²) in [7, 11) is 0. The van der Waals surface area contributed by atoms with Crippen LogP contribution in [0.4, 0.5) is 5.82 Å². The smallest absolute Gasteiger partial charge is 0.260 e. The van der Waals surface area contributed by atoms with Crippen LogP contribution < -0.4 is 11.3 Å². The minimum absolute atomic E-state index is 0.119. The van der Waals surface area contributed by atoms with Gasteiger partial charge in [0.1, 0.15) is 21.3 Å². The fourth-order valence-corrected chi connectivity index (χ4v) is 6.33. The molecule has 0 amide bonds. The van der Waals surface area contributed by atoms with Crippen molar-refractivity contribution < 1.29 is 0 Å². The van der Waals surface area contributed by atoms with Gasteiger partial charge in [0.25, 0.3) is 5.56 Å². The lowest BCUT2D eigenvalue weighted by molar-refractivity contribution is 0.911. The van der Waals surface area contributed by atoms with Crippen molar-refractivity contribution in [2.45, 2.75) is 17.3 Å². The van der Waals surface area contributed by atoms with Gasteiger partial charge in [0.2, 0.25) is 0 Å². The Bertz CT molecular complexity index is 1350. The number of hydrogen-bond donors (Lipinski definition) is 2. The Hall–Kier alpha value is -2.27. The largest absolute Gasteiger partial charge is 0.383 e. The predicted octanol–water partition coefficient (Wildman–Crippen LogP) is 5.15. The van der Waals surface area contributed by atoms with E-state index < -0.39 is 0 Å². The summed E-state index contributed by atoms with van der Waals surface area (Å²) < 4.78 is 0. The third kappa shape index (κ3) is 3.02. The van der Waals surface area contributed by atoms with E-state index in [1.165, 1.54) is 34.4 Å². The second-order valence-corrected chi connectivity index (χ2v) is 10.1. The Morgan fingerprint density at radius 1 is 1.11 bits per heavy atom. The molecule has 5 aromatic rings. The number of anilines is 1. The molecule has 0 bridgehead atoms. The fraction of sp³-hybridized carbons (Fsp3) is 0.111. The van der Waals surface area contributed by atoms with Gasteiger partial charge in [0.15, 0.2) is 5.16 Å². The van der Waals surface area contributed by atoms with Crippen molar-refractivity contribution in [3.8, 4) is 10.4 Å². The summed E-state index contributed by atoms with van der Waals surface area (Å²) in [5.41, 5.74) is 6.86. The first-order valence-electron chi connectivity index (χ1n) is 8.33. The molecule has 10 heteroatoms. The number of thioether (sulfide) groups is 1. The van der Waals surface area contributed by atoms with E-state index in [0.717, 1.165) is 25.5 Å². The molecule has 0 radical (unpaired) electrons. The lowest BCUT2D eigenvalue weighted by Gasteiger charge is -2.10. The number of H-pyrrole nitrogens is 1. The van der Waals surface area contributed by atoms with Crippen molar-refractivity contribution >= 4 is 72.0 Å². The van der Waals surface area contributed by atoms with Gasteiger partial charge in [-0.05, 0) is 29.8 Å². The molecule has 28 heavy (non-hydrogen) atoms. The molecule has 6 nitrogen and oxygen atoms in total. The summed E-state index contributed by atoms with van der Waals surface area (Å²) >= 11 is 6.06. The molecule has 0 saturated carbocycles. The van der Waals surface area contributed by atoms with Crippen LogP contribution in [0.5, 0.6) is 0 Å². The minimum Gasteiger partial charge on any atom is -0.383 e. The van der Waals surface area contributed by atoms with E-state index in [4.69, 9.17) is 10.7 Å². The van der Waals surface area contributed by atoms with Crippen LogP contribution in [0.1, 0.15) is 18.0 Å². The number of hydrogen-bond acceptors (Lipinski definition) is 9. The second kappa shape index (κ2) is 6.96. The summed E-state index contributed by atoms with van der Waals surface area (Å²) in [6.07, 6.45) is 0. The van der Waals surface area contributed by atoms with Gasteiger partial charge in [-0.3, -0.25) is 4.79 Å². The van der Waals surface area contributed by atoms with E-state index in [-0.39, 0.29) is 10.8 Å². The molecule has 1 unspecified atom stereocenters. The highest BCUT2D eigenvalue weighted by Gasteiger charge is 2.18. The van der Waals surface area contributed by atoms with Crippen molar-refractivity contribution in [1.82, 2.24) is 19.9 Å². The van der Waals surface area contributed by atoms with Crippen LogP contribution in [0.3, 0.4) is 0 Å². The van der Waals surface area contributed by atoms with E-state index in [0.29, 0.717) is 22.2 Å². The van der Waals surface area contributed by atoms with Gasteiger partial charge >= 0.3 is 0 Å². The lowest BCUT2D eigenvalue weighted by atomic mass is 10.2. The van der Waals surface area contributed by atoms with Crippen LogP contribution in [0, 0.1) is 0 Å². The highest BCUT2D eigenvalue weighted by molar-refractivity contribution is 7.99. The maximum Gasteiger partial charge on any atom is 0.260 e. The van der Waals surface area contributed by atoms with Crippen LogP contribution in [-0.2, 0) is 0 Å². The number of nitrogens with one attached hydrogen (secondary N) is 1. The van der Waals surface area contributed by atoms with Crippen LogP contribution in [0.15, 0.2) is 44.3 Å². The average molecular weight is 444 g/mol. The molecule has 0 saturated heterocycles. The van der Waals surface area contributed by atoms with Crippen molar-refractivity contribution in [2.75, 3.05) is 5.73 Å². The third-order valence-electron chi connectivity index (χ3n) is 4.25. The van der Waals surface area contributed by atoms with E-state index in [1.807, 2.05) is 41.3 Å². The summed E-state index contributed by atoms with van der Waals surface area (Å²) in [5.74, 6) is 1.08. The first kappa shape index (κ1) is 17.8. The Kier molecular flexibility index (Phi) is 4.43. The Morgan fingerprint density at radius 2 is 2.00 bits per heavy atom. The van der Waals surface area contributed by atoms with Crippen LogP contribution in [0.2, 0.25) is 0 Å². The fourth-order valence-electron chi connectivity index (χ4n) is 2.90. The molecule has 0 aromatic carbocycles. The average Bonchev–Trinajstić information content (AvgIpc) is 3.41. The zero-order valence-electron chi connectivity index (χ0n) is 14.5. The first-order chi connectivity index (χ1) is 13.6. The van der Waals surface area contributed by atoms with Crippen LogP contribution in [0.25, 0.3) is 30.9 Å². The number of nitrogen functional groups attached to an aromatic ring is 1. The van der Waals surface area contributed by atoms with Crippen molar-refractivity contribution in [3.05, 3.63) is 50.5 Å². The highest BCUT2D eigenvalue weighted by Crippen LogP contribution is 2.36. The number of fused-ring (bicyclic) bond motifs is 2. The Labute approximate surface area is 175 Å². The van der Waals surface area contributed by atoms with Crippen molar-refractivity contribution in [2.24, 2.45) is 0 Å². The maximum atomic E-state index is 12.8. The van der Waals surface area contributed by atoms with Crippen LogP contribution in [-0.4, -0.2) is 19.9 Å². The minimum atomic E-state index is -0.124. The zero-order valence-corrected chi connectivity index (χ0v) is 17.8. The van der Waals surface area contributed by atoms with E-state index in [2.05, 4.69) is 15.0 Å². The summed E-state index contributed by atoms with van der Waals surface area (Å²) in [6.45, 7) is 1.97. The Morgan fingerprint density at radius 3 is 2.82 bits per heavy atom. The monoisotopic (exact) mass is 443 g/mol. The zero-order chi connectivity index (χ0) is 19.3. The topological polar surface area (TPSA) is 97.5 Å². The van der Waals surface area contributed by atoms with Gasteiger partial charge < -0.3 is 10.7 Å². The molecule has 1 atom stereocenters. The number of nitrogens with two attached hydrogens (primary N) is 1. The van der Waals surface area contributed by atoms with Gasteiger partial charge in [0, 0.05) is 15.8 Å². The van der Waals surface area contributed by atoms with Gasteiger partial charge in [0.05, 0.1) is 16.0 Å². The number of rotatable bonds is 4. The van der Waals surface area contributed by atoms with Gasteiger partial charge in [-0.25, -0.2) is 15.0 Å². The van der Waals surface area contributed by atoms with Crippen molar-refractivity contribution in [3.63, 3.8) is 0 Å². The third-order valence-corrected chi connectivity index (χ3v) is 7.80. The number of aromatic nitrogens is 4. The summed E-state index contributed by atoms with van der Waals surface area (Å²) in [4.78, 5) is 32.0. The van der Waals surface area contributed by atoms with E-state index >= 15 is 0 Å². The lowest BCUT2D eigenvalue weighted by Crippen LogP contribution is -2.12. The first-order valence-corrected chi connectivity index (χ1v) is 11.8.